The van der Waals surface area contributed by atoms with Crippen molar-refractivity contribution < 1.29 is 14.6 Å². The van der Waals surface area contributed by atoms with Crippen LogP contribution in [0.25, 0.3) is 6.08 Å². The Hall–Kier alpha value is -2.30. The van der Waals surface area contributed by atoms with Crippen molar-refractivity contribution in [3.63, 3.8) is 0 Å². The average molecular weight is 395 g/mol. The molecule has 1 amide bonds. The molecule has 5 nitrogen and oxygen atoms in total. The van der Waals surface area contributed by atoms with Crippen LogP contribution in [0.2, 0.25) is 0 Å². The molecular weight excluding hydrogens is 364 g/mol. The van der Waals surface area contributed by atoms with E-state index < -0.39 is 0 Å². The molecule has 4 aliphatic rings. The highest BCUT2D eigenvalue weighted by Crippen LogP contribution is 2.61. The lowest BCUT2D eigenvalue weighted by Gasteiger charge is -2.37. The second-order valence-electron chi connectivity index (χ2n) is 9.65. The van der Waals surface area contributed by atoms with Gasteiger partial charge in [-0.2, -0.15) is 5.10 Å². The molecule has 2 unspecified atom stereocenters. The summed E-state index contributed by atoms with van der Waals surface area (Å²) in [6.45, 7) is 6.37. The molecule has 1 aromatic carbocycles. The largest absolute Gasteiger partial charge is 0.507 e. The van der Waals surface area contributed by atoms with Crippen LogP contribution >= 0.6 is 0 Å². The molecule has 1 fully saturated rings. The monoisotopic (exact) mass is 394 g/mol. The Morgan fingerprint density at radius 3 is 2.72 bits per heavy atom. The summed E-state index contributed by atoms with van der Waals surface area (Å²) >= 11 is 0. The van der Waals surface area contributed by atoms with E-state index in [4.69, 9.17) is 4.74 Å². The van der Waals surface area contributed by atoms with Gasteiger partial charge in [0.05, 0.1) is 11.3 Å². The fourth-order valence-electron chi connectivity index (χ4n) is 5.71. The number of carbonyl (C=O) groups is 1. The molecule has 0 aromatic heterocycles. The number of rotatable bonds is 3. The zero-order valence-electron chi connectivity index (χ0n) is 17.8. The first kappa shape index (κ1) is 18.7. The highest BCUT2D eigenvalue weighted by Gasteiger charge is 2.45. The van der Waals surface area contributed by atoms with Crippen molar-refractivity contribution in [3.8, 4) is 11.5 Å². The number of nitrogens with zero attached hydrogens (tertiary/aromatic N) is 2. The van der Waals surface area contributed by atoms with E-state index in [0.29, 0.717) is 23.2 Å². The Morgan fingerprint density at radius 2 is 2.00 bits per heavy atom. The summed E-state index contributed by atoms with van der Waals surface area (Å²) in [5, 5.41) is 17.2. The van der Waals surface area contributed by atoms with Crippen LogP contribution in [0.15, 0.2) is 10.7 Å². The molecule has 2 heterocycles. The average Bonchev–Trinajstić information content (AvgIpc) is 3.35. The summed E-state index contributed by atoms with van der Waals surface area (Å²) in [6.07, 6.45) is 8.75. The zero-order chi connectivity index (χ0) is 20.5. The predicted octanol–water partition coefficient (Wildman–Crippen LogP) is 4.87. The molecule has 0 spiro atoms. The Labute approximate surface area is 172 Å². The maximum absolute atomic E-state index is 12.8. The molecule has 1 saturated carbocycles. The number of fused-ring (bicyclic) bond motifs is 7. The van der Waals surface area contributed by atoms with Crippen LogP contribution in [0, 0.1) is 0 Å². The van der Waals surface area contributed by atoms with E-state index in [-0.39, 0.29) is 11.5 Å². The lowest BCUT2D eigenvalue weighted by molar-refractivity contribution is -0.124. The summed E-state index contributed by atoms with van der Waals surface area (Å²) in [4.78, 5) is 12.8. The molecule has 2 atom stereocenters. The minimum absolute atomic E-state index is 0.0966. The number of phenolic OH excluding ortho intramolecular Hbond substituents is 1. The van der Waals surface area contributed by atoms with Crippen molar-refractivity contribution in [2.75, 3.05) is 7.05 Å². The van der Waals surface area contributed by atoms with E-state index in [1.165, 1.54) is 17.0 Å². The summed E-state index contributed by atoms with van der Waals surface area (Å²) in [5.74, 6) is 2.18. The molecular formula is C24H30N2O3. The van der Waals surface area contributed by atoms with Crippen LogP contribution in [0.1, 0.15) is 93.4 Å². The molecule has 0 radical (unpaired) electrons. The fraction of sp³-hybridized carbons (Fsp3) is 0.583. The zero-order valence-corrected chi connectivity index (χ0v) is 17.8. The first-order valence-electron chi connectivity index (χ1n) is 11.0. The third-order valence-corrected chi connectivity index (χ3v) is 7.13. The predicted molar refractivity (Wildman–Crippen MR) is 114 cm³/mol. The van der Waals surface area contributed by atoms with Crippen LogP contribution in [-0.4, -0.2) is 34.4 Å². The molecule has 1 aromatic rings. The number of ether oxygens (including phenoxy) is 1. The molecule has 5 heteroatoms. The Kier molecular flexibility index (Phi) is 4.10. The number of aromatic hydroxyl groups is 1. The maximum atomic E-state index is 12.8. The first-order chi connectivity index (χ1) is 13.8. The van der Waals surface area contributed by atoms with Gasteiger partial charge in [-0.3, -0.25) is 4.79 Å². The molecule has 1 N–H and O–H groups in total. The van der Waals surface area contributed by atoms with Gasteiger partial charge in [0.25, 0.3) is 5.91 Å². The van der Waals surface area contributed by atoms with Gasteiger partial charge in [0.2, 0.25) is 0 Å². The molecule has 29 heavy (non-hydrogen) atoms. The van der Waals surface area contributed by atoms with Gasteiger partial charge in [-0.25, -0.2) is 5.01 Å². The Balaban J connectivity index is 1.72. The van der Waals surface area contributed by atoms with Gasteiger partial charge >= 0.3 is 0 Å². The third kappa shape index (κ3) is 2.73. The number of hydrogen-bond donors (Lipinski definition) is 1. The standard InChI is InChI=1S/C24H30N2O3/c1-5-6-18-17(23(28)26(4)25-18)12-16-15-9-10-24(2,3)29-22(15)20-14-8-7-13(11-14)19(20)21(16)27/h12-14,27H,5-11H2,1-4H3/b17-12-. The Bertz CT molecular complexity index is 973. The van der Waals surface area contributed by atoms with Gasteiger partial charge in [0, 0.05) is 29.3 Å². The topological polar surface area (TPSA) is 62.1 Å². The molecule has 2 aliphatic carbocycles. The van der Waals surface area contributed by atoms with Crippen LogP contribution in [-0.2, 0) is 11.2 Å². The molecule has 2 aliphatic heterocycles. The quantitative estimate of drug-likeness (QED) is 0.744. The summed E-state index contributed by atoms with van der Waals surface area (Å²) in [5.41, 5.74) is 5.40. The van der Waals surface area contributed by atoms with Gasteiger partial charge in [-0.1, -0.05) is 13.3 Å². The molecule has 154 valence electrons. The third-order valence-electron chi connectivity index (χ3n) is 7.13. The smallest absolute Gasteiger partial charge is 0.275 e. The van der Waals surface area contributed by atoms with Crippen molar-refractivity contribution in [2.24, 2.45) is 5.10 Å². The van der Waals surface area contributed by atoms with Crippen molar-refractivity contribution >= 4 is 17.7 Å². The summed E-state index contributed by atoms with van der Waals surface area (Å²) in [6, 6.07) is 0. The molecule has 0 saturated heterocycles. The second kappa shape index (κ2) is 6.35. The van der Waals surface area contributed by atoms with Crippen molar-refractivity contribution in [1.29, 1.82) is 0 Å². The minimum atomic E-state index is -0.206. The van der Waals surface area contributed by atoms with Crippen LogP contribution in [0.3, 0.4) is 0 Å². The number of benzene rings is 1. The number of carbonyl (C=O) groups excluding carboxylic acids is 1. The second-order valence-corrected chi connectivity index (χ2v) is 9.65. The lowest BCUT2D eigenvalue weighted by Crippen LogP contribution is -2.34. The van der Waals surface area contributed by atoms with E-state index in [0.717, 1.165) is 66.7 Å². The van der Waals surface area contributed by atoms with Crippen LogP contribution < -0.4 is 4.74 Å². The normalized spacial score (nSPS) is 27.9. The van der Waals surface area contributed by atoms with E-state index in [1.54, 1.807) is 7.05 Å². The van der Waals surface area contributed by atoms with Crippen LogP contribution in [0.4, 0.5) is 0 Å². The number of hydrazone groups is 1. The highest BCUT2D eigenvalue weighted by atomic mass is 16.5. The van der Waals surface area contributed by atoms with Gasteiger partial charge in [-0.05, 0) is 70.3 Å². The number of phenols is 1. The number of likely N-dealkylation sites (N-methyl/N-ethyl adjacent to an activating group) is 1. The summed E-state index contributed by atoms with van der Waals surface area (Å²) in [7, 11) is 1.70. The van der Waals surface area contributed by atoms with Crippen molar-refractivity contribution in [2.45, 2.75) is 83.2 Å². The van der Waals surface area contributed by atoms with Gasteiger partial charge < -0.3 is 9.84 Å². The fourth-order valence-corrected chi connectivity index (χ4v) is 5.71. The lowest BCUT2D eigenvalue weighted by atomic mass is 9.81. The minimum Gasteiger partial charge on any atom is -0.507 e. The van der Waals surface area contributed by atoms with Crippen molar-refractivity contribution in [1.82, 2.24) is 5.01 Å². The first-order valence-corrected chi connectivity index (χ1v) is 11.0. The van der Waals surface area contributed by atoms with E-state index in [1.807, 2.05) is 6.08 Å². The van der Waals surface area contributed by atoms with Gasteiger partial charge in [-0.15, -0.1) is 0 Å². The van der Waals surface area contributed by atoms with Crippen LogP contribution in [0.5, 0.6) is 11.5 Å². The van der Waals surface area contributed by atoms with Gasteiger partial charge in [0.15, 0.2) is 0 Å². The van der Waals surface area contributed by atoms with E-state index in [2.05, 4.69) is 25.9 Å². The van der Waals surface area contributed by atoms with Gasteiger partial charge in [0.1, 0.15) is 17.1 Å². The summed E-state index contributed by atoms with van der Waals surface area (Å²) < 4.78 is 6.53. The highest BCUT2D eigenvalue weighted by molar-refractivity contribution is 6.27. The van der Waals surface area contributed by atoms with E-state index >= 15 is 0 Å². The number of amides is 1. The number of hydrogen-bond acceptors (Lipinski definition) is 4. The van der Waals surface area contributed by atoms with Crippen molar-refractivity contribution in [3.05, 3.63) is 27.8 Å². The SMILES string of the molecule is CCCC1=NN(C)C(=O)/C1=C\c1c(O)c2c(c3c1CCC(C)(C)O3)C1CCC2C1. The van der Waals surface area contributed by atoms with E-state index in [9.17, 15) is 9.90 Å². The maximum Gasteiger partial charge on any atom is 0.275 e. The molecule has 5 rings (SSSR count). The Morgan fingerprint density at radius 1 is 1.28 bits per heavy atom. The molecule has 2 bridgehead atoms.